The molecule has 5 heteroatoms. The Balaban J connectivity index is 3.33. The van der Waals surface area contributed by atoms with Crippen LogP contribution in [0.25, 0.3) is 0 Å². The first-order valence-corrected chi connectivity index (χ1v) is 7.17. The molecule has 0 aliphatic carbocycles. The summed E-state index contributed by atoms with van der Waals surface area (Å²) in [5, 5.41) is 0.778. The maximum Gasteiger partial charge on any atom is 0.294 e. The van der Waals surface area contributed by atoms with E-state index < -0.39 is 19.6 Å². The number of hydrogen-bond acceptors (Lipinski definition) is 2. The van der Waals surface area contributed by atoms with Crippen molar-refractivity contribution in [2.24, 2.45) is 0 Å². The first-order chi connectivity index (χ1) is 5.55. The van der Waals surface area contributed by atoms with Crippen molar-refractivity contribution in [3.05, 3.63) is 24.3 Å². The average Bonchev–Trinajstić information content (AvgIpc) is 2.03. The van der Waals surface area contributed by atoms with Gasteiger partial charge < -0.3 is 0 Å². The Morgan fingerprint density at radius 2 is 1.92 bits per heavy atom. The lowest BCUT2D eigenvalue weighted by molar-refractivity contribution is 0.484. The Kier molecular flexibility index (Phi) is 2.66. The van der Waals surface area contributed by atoms with Gasteiger partial charge in [0.15, 0.2) is 0 Å². The molecule has 0 spiro atoms. The third-order valence-corrected chi connectivity index (χ3v) is 4.22. The smallest absolute Gasteiger partial charge is 0.282 e. The summed E-state index contributed by atoms with van der Waals surface area (Å²) in [6, 6.07) is 6.56. The van der Waals surface area contributed by atoms with Crippen LogP contribution in [-0.4, -0.2) is 22.5 Å². The van der Waals surface area contributed by atoms with E-state index in [9.17, 15) is 8.42 Å². The molecule has 3 nitrogen and oxygen atoms in total. The molecule has 0 heterocycles. The lowest BCUT2D eigenvalue weighted by Gasteiger charge is -2.02. The summed E-state index contributed by atoms with van der Waals surface area (Å²) in [4.78, 5) is 0.0687. The molecule has 0 bridgehead atoms. The lowest BCUT2D eigenvalue weighted by atomic mass is 10.4. The molecule has 0 saturated carbocycles. The molecule has 1 aromatic rings. The second-order valence-corrected chi connectivity index (χ2v) is 5.30. The predicted octanol–water partition coefficient (Wildman–Crippen LogP) is -0.224. The summed E-state index contributed by atoms with van der Waals surface area (Å²) in [6.07, 6.45) is 0. The summed E-state index contributed by atoms with van der Waals surface area (Å²) in [6.45, 7) is 1.98. The van der Waals surface area contributed by atoms with E-state index in [-0.39, 0.29) is 4.90 Å². The maximum atomic E-state index is 10.8. The van der Waals surface area contributed by atoms with Gasteiger partial charge >= 0.3 is 0 Å². The minimum atomic E-state index is -4.01. The second kappa shape index (κ2) is 3.38. The fraction of sp³-hybridized carbons (Fsp3) is 0.143. The van der Waals surface area contributed by atoms with Crippen LogP contribution in [0.1, 0.15) is 0 Å². The molecule has 0 aliphatic rings. The molecule has 12 heavy (non-hydrogen) atoms. The lowest BCUT2D eigenvalue weighted by Crippen LogP contribution is -2.19. The van der Waals surface area contributed by atoms with Crippen molar-refractivity contribution in [2.45, 2.75) is 11.4 Å². The summed E-state index contributed by atoms with van der Waals surface area (Å²) < 4.78 is 30.4. The van der Waals surface area contributed by atoms with Crippen LogP contribution in [0.3, 0.4) is 0 Å². The first-order valence-electron chi connectivity index (χ1n) is 3.61. The third kappa shape index (κ3) is 1.93. The monoisotopic (exact) mass is 202 g/mol. The van der Waals surface area contributed by atoms with Crippen LogP contribution >= 0.6 is 0 Å². The Morgan fingerprint density at radius 3 is 2.33 bits per heavy atom. The quantitative estimate of drug-likeness (QED) is 0.532. The maximum absolute atomic E-state index is 10.8. The van der Waals surface area contributed by atoms with Crippen molar-refractivity contribution < 1.29 is 13.0 Å². The molecule has 1 rings (SSSR count). The molecule has 0 aromatic heterocycles. The van der Waals surface area contributed by atoms with Crippen LogP contribution in [0.15, 0.2) is 29.2 Å². The Hall–Kier alpha value is -0.653. The van der Waals surface area contributed by atoms with Crippen molar-refractivity contribution in [3.63, 3.8) is 0 Å². The predicted molar refractivity (Wildman–Crippen MR) is 50.3 cm³/mol. The van der Waals surface area contributed by atoms with E-state index in [0.29, 0.717) is 0 Å². The van der Waals surface area contributed by atoms with Gasteiger partial charge in [0.25, 0.3) is 10.1 Å². The van der Waals surface area contributed by atoms with Gasteiger partial charge in [0, 0.05) is 0 Å². The largest absolute Gasteiger partial charge is 0.294 e. The van der Waals surface area contributed by atoms with Gasteiger partial charge in [0.1, 0.15) is 0 Å². The van der Waals surface area contributed by atoms with E-state index in [4.69, 9.17) is 4.55 Å². The molecule has 0 aliphatic heterocycles. The minimum Gasteiger partial charge on any atom is -0.282 e. The van der Waals surface area contributed by atoms with Crippen LogP contribution in [0.4, 0.5) is 0 Å². The summed E-state index contributed by atoms with van der Waals surface area (Å²) in [5.74, 6) is 0. The van der Waals surface area contributed by atoms with E-state index in [0.717, 1.165) is 5.19 Å². The highest BCUT2D eigenvalue weighted by atomic mass is 32.2. The molecule has 0 fully saturated rings. The highest BCUT2D eigenvalue weighted by Crippen LogP contribution is 2.03. The fourth-order valence-electron chi connectivity index (χ4n) is 1.05. The molecule has 1 N–H and O–H groups in total. The van der Waals surface area contributed by atoms with Crippen molar-refractivity contribution in [1.29, 1.82) is 0 Å². The van der Waals surface area contributed by atoms with Crippen LogP contribution in [0.2, 0.25) is 6.55 Å². The van der Waals surface area contributed by atoms with Gasteiger partial charge in [-0.1, -0.05) is 24.7 Å². The second-order valence-electron chi connectivity index (χ2n) is 2.44. The van der Waals surface area contributed by atoms with E-state index in [2.05, 4.69) is 0 Å². The van der Waals surface area contributed by atoms with Crippen LogP contribution in [-0.2, 0) is 10.1 Å². The average molecular weight is 202 g/mol. The molecular formula is C7H10O3SSi. The zero-order valence-corrected chi connectivity index (χ0v) is 8.92. The van der Waals surface area contributed by atoms with E-state index >= 15 is 0 Å². The zero-order chi connectivity index (χ0) is 9.19. The van der Waals surface area contributed by atoms with Crippen molar-refractivity contribution in [2.75, 3.05) is 0 Å². The van der Waals surface area contributed by atoms with E-state index in [1.54, 1.807) is 18.2 Å². The zero-order valence-electron chi connectivity index (χ0n) is 6.69. The Labute approximate surface area is 74.0 Å². The van der Waals surface area contributed by atoms with Crippen LogP contribution < -0.4 is 5.19 Å². The Morgan fingerprint density at radius 1 is 1.33 bits per heavy atom. The van der Waals surface area contributed by atoms with E-state index in [1.807, 2.05) is 6.55 Å². The standard InChI is InChI=1S/C7H10O3SSi/c1-12-7-5-3-2-4-6(7)11(8,9)10/h2-5H,12H2,1H3,(H,8,9,10). The fourth-order valence-corrected chi connectivity index (χ4v) is 3.52. The van der Waals surface area contributed by atoms with Gasteiger partial charge in [-0.3, -0.25) is 4.55 Å². The minimum absolute atomic E-state index is 0.0687. The molecule has 1 aromatic carbocycles. The molecule has 0 saturated heterocycles. The summed E-state index contributed by atoms with van der Waals surface area (Å²) >= 11 is 0. The molecule has 0 unspecified atom stereocenters. The first kappa shape index (κ1) is 9.44. The summed E-state index contributed by atoms with van der Waals surface area (Å²) in [5.41, 5.74) is 0. The van der Waals surface area contributed by atoms with Gasteiger partial charge in [0.2, 0.25) is 0 Å². The molecule has 66 valence electrons. The number of rotatable bonds is 2. The Bertz CT molecular complexity index is 372. The van der Waals surface area contributed by atoms with Gasteiger partial charge in [-0.15, -0.1) is 0 Å². The SMILES string of the molecule is C[SiH2]c1ccccc1S(=O)(=O)O. The third-order valence-electron chi connectivity index (χ3n) is 1.63. The number of hydrogen-bond donors (Lipinski definition) is 1. The molecule has 0 radical (unpaired) electrons. The van der Waals surface area contributed by atoms with Gasteiger partial charge in [-0.05, 0) is 11.3 Å². The van der Waals surface area contributed by atoms with Gasteiger partial charge in [0.05, 0.1) is 14.4 Å². The highest BCUT2D eigenvalue weighted by molar-refractivity contribution is 7.86. The summed E-state index contributed by atoms with van der Waals surface area (Å²) in [7, 11) is -4.57. The van der Waals surface area contributed by atoms with Crippen LogP contribution in [0, 0.1) is 0 Å². The van der Waals surface area contributed by atoms with Crippen LogP contribution in [0.5, 0.6) is 0 Å². The molecule has 0 amide bonds. The van der Waals surface area contributed by atoms with Gasteiger partial charge in [-0.2, -0.15) is 8.42 Å². The number of benzene rings is 1. The van der Waals surface area contributed by atoms with Crippen molar-refractivity contribution in [1.82, 2.24) is 0 Å². The molecular weight excluding hydrogens is 192 g/mol. The normalized spacial score (nSPS) is 12.5. The topological polar surface area (TPSA) is 54.4 Å². The van der Waals surface area contributed by atoms with Gasteiger partial charge in [-0.25, -0.2) is 0 Å². The van der Waals surface area contributed by atoms with Crippen molar-refractivity contribution in [3.8, 4) is 0 Å². The highest BCUT2D eigenvalue weighted by Gasteiger charge is 2.12. The van der Waals surface area contributed by atoms with E-state index in [1.165, 1.54) is 6.07 Å². The van der Waals surface area contributed by atoms with Crippen molar-refractivity contribution >= 4 is 24.8 Å². The molecule has 0 atom stereocenters.